The molecule has 0 aliphatic carbocycles. The quantitative estimate of drug-likeness (QED) is 0.857. The smallest absolute Gasteiger partial charge is 0.251 e. The van der Waals surface area contributed by atoms with Crippen molar-refractivity contribution in [3.8, 4) is 0 Å². The van der Waals surface area contributed by atoms with Crippen LogP contribution in [0.25, 0.3) is 0 Å². The normalized spacial score (nSPS) is 18.0. The summed E-state index contributed by atoms with van der Waals surface area (Å²) in [4.78, 5) is 17.6. The molecule has 1 saturated heterocycles. The summed E-state index contributed by atoms with van der Waals surface area (Å²) in [6.45, 7) is 6.02. The van der Waals surface area contributed by atoms with Crippen molar-refractivity contribution in [1.29, 1.82) is 0 Å². The predicted octanol–water partition coefficient (Wildman–Crippen LogP) is 3.94. The van der Waals surface area contributed by atoms with Crippen molar-refractivity contribution in [2.75, 3.05) is 38.1 Å². The van der Waals surface area contributed by atoms with Crippen molar-refractivity contribution in [3.63, 3.8) is 0 Å². The molecular formula is C24H31N3O. The molecule has 28 heavy (non-hydrogen) atoms. The molecule has 1 atom stereocenters. The third-order valence-electron chi connectivity index (χ3n) is 6.22. The molecule has 2 aliphatic heterocycles. The van der Waals surface area contributed by atoms with E-state index in [2.05, 4.69) is 40.4 Å². The fourth-order valence-electron chi connectivity index (χ4n) is 4.48. The van der Waals surface area contributed by atoms with Crippen LogP contribution in [0.2, 0.25) is 0 Å². The van der Waals surface area contributed by atoms with Crippen LogP contribution in [0.3, 0.4) is 0 Å². The number of fused-ring (bicyclic) bond motifs is 1. The zero-order chi connectivity index (χ0) is 19.5. The predicted molar refractivity (Wildman–Crippen MR) is 115 cm³/mol. The fourth-order valence-corrected chi connectivity index (χ4v) is 4.48. The number of carbonyl (C=O) groups excluding carboxylic acids is 1. The van der Waals surface area contributed by atoms with Crippen LogP contribution in [-0.4, -0.2) is 44.0 Å². The van der Waals surface area contributed by atoms with E-state index < -0.39 is 0 Å². The van der Waals surface area contributed by atoms with Crippen LogP contribution in [0.15, 0.2) is 42.5 Å². The lowest BCUT2D eigenvalue weighted by Crippen LogP contribution is -2.40. The van der Waals surface area contributed by atoms with Gasteiger partial charge in [0, 0.05) is 31.4 Å². The minimum absolute atomic E-state index is 0.0166. The molecule has 2 aliphatic rings. The Bertz CT molecular complexity index is 824. The maximum Gasteiger partial charge on any atom is 0.251 e. The number of hydrogen-bond donors (Lipinski definition) is 1. The number of rotatable bonds is 5. The van der Waals surface area contributed by atoms with Gasteiger partial charge in [-0.3, -0.25) is 9.69 Å². The summed E-state index contributed by atoms with van der Waals surface area (Å²) in [7, 11) is 2.16. The molecule has 1 fully saturated rings. The Balaban J connectivity index is 1.52. The van der Waals surface area contributed by atoms with Crippen molar-refractivity contribution in [2.45, 2.75) is 38.6 Å². The third-order valence-corrected chi connectivity index (χ3v) is 6.22. The van der Waals surface area contributed by atoms with Gasteiger partial charge in [-0.1, -0.05) is 36.2 Å². The minimum atomic E-state index is 0.0166. The highest BCUT2D eigenvalue weighted by Crippen LogP contribution is 2.32. The van der Waals surface area contributed by atoms with E-state index in [1.54, 1.807) is 0 Å². The molecule has 2 aromatic rings. The van der Waals surface area contributed by atoms with Gasteiger partial charge >= 0.3 is 0 Å². The molecule has 4 heteroatoms. The third kappa shape index (κ3) is 4.07. The summed E-state index contributed by atoms with van der Waals surface area (Å²) >= 11 is 0. The van der Waals surface area contributed by atoms with Gasteiger partial charge in [0.15, 0.2) is 0 Å². The summed E-state index contributed by atoms with van der Waals surface area (Å²) < 4.78 is 0. The monoisotopic (exact) mass is 377 g/mol. The standard InChI is InChI=1S/C24H31N3O/c1-18-6-8-19(9-7-18)24(28)25-17-23(27-13-4-3-5-14-27)20-10-11-22-21(16-20)12-15-26(22)2/h6-11,16,23H,3-5,12-15,17H2,1-2H3,(H,25,28)/t23-/m1/s1. The molecule has 4 nitrogen and oxygen atoms in total. The van der Waals surface area contributed by atoms with Crippen LogP contribution in [0.5, 0.6) is 0 Å². The topological polar surface area (TPSA) is 35.6 Å². The van der Waals surface area contributed by atoms with Crippen LogP contribution < -0.4 is 10.2 Å². The van der Waals surface area contributed by atoms with Gasteiger partial charge in [-0.15, -0.1) is 0 Å². The lowest BCUT2D eigenvalue weighted by molar-refractivity contribution is 0.0924. The first-order valence-corrected chi connectivity index (χ1v) is 10.5. The Morgan fingerprint density at radius 3 is 2.54 bits per heavy atom. The van der Waals surface area contributed by atoms with E-state index in [4.69, 9.17) is 0 Å². The van der Waals surface area contributed by atoms with Crippen molar-refractivity contribution < 1.29 is 4.79 Å². The number of piperidine rings is 1. The molecule has 0 radical (unpaired) electrons. The molecule has 4 rings (SSSR count). The first-order valence-electron chi connectivity index (χ1n) is 10.5. The summed E-state index contributed by atoms with van der Waals surface area (Å²) in [6.07, 6.45) is 4.92. The Kier molecular flexibility index (Phi) is 5.67. The molecule has 0 aromatic heterocycles. The number of anilines is 1. The summed E-state index contributed by atoms with van der Waals surface area (Å²) in [5.41, 5.74) is 6.03. The van der Waals surface area contributed by atoms with Crippen LogP contribution in [0.4, 0.5) is 5.69 Å². The Hall–Kier alpha value is -2.33. The van der Waals surface area contributed by atoms with Gasteiger partial charge in [-0.2, -0.15) is 0 Å². The molecule has 1 amide bonds. The Morgan fingerprint density at radius 1 is 1.04 bits per heavy atom. The van der Waals surface area contributed by atoms with Crippen molar-refractivity contribution >= 4 is 11.6 Å². The lowest BCUT2D eigenvalue weighted by Gasteiger charge is -2.35. The highest BCUT2D eigenvalue weighted by molar-refractivity contribution is 5.94. The number of carbonyl (C=O) groups is 1. The number of benzene rings is 2. The first kappa shape index (κ1) is 19.0. The van der Waals surface area contributed by atoms with Crippen LogP contribution >= 0.6 is 0 Å². The van der Waals surface area contributed by atoms with Crippen LogP contribution in [-0.2, 0) is 6.42 Å². The van der Waals surface area contributed by atoms with E-state index in [0.717, 1.165) is 31.6 Å². The van der Waals surface area contributed by atoms with Crippen LogP contribution in [0.1, 0.15) is 52.4 Å². The number of nitrogens with zero attached hydrogens (tertiary/aromatic N) is 2. The van der Waals surface area contributed by atoms with Gasteiger partial charge < -0.3 is 10.2 Å². The maximum absolute atomic E-state index is 12.7. The molecule has 0 unspecified atom stereocenters. The first-order chi connectivity index (χ1) is 13.6. The molecule has 0 spiro atoms. The molecule has 148 valence electrons. The van der Waals surface area contributed by atoms with Gasteiger partial charge in [0.25, 0.3) is 5.91 Å². The number of amides is 1. The van der Waals surface area contributed by atoms with Crippen molar-refractivity contribution in [2.24, 2.45) is 0 Å². The van der Waals surface area contributed by atoms with E-state index in [-0.39, 0.29) is 11.9 Å². The Labute approximate surface area is 168 Å². The molecule has 2 heterocycles. The van der Waals surface area contributed by atoms with Gasteiger partial charge in [-0.05, 0) is 68.6 Å². The Morgan fingerprint density at radius 2 is 1.79 bits per heavy atom. The zero-order valence-electron chi connectivity index (χ0n) is 17.1. The summed E-state index contributed by atoms with van der Waals surface area (Å²) in [5.74, 6) is 0.0166. The van der Waals surface area contributed by atoms with E-state index in [9.17, 15) is 4.79 Å². The molecule has 1 N–H and O–H groups in total. The average molecular weight is 378 g/mol. The number of likely N-dealkylation sites (N-methyl/N-ethyl adjacent to an activating group) is 1. The largest absolute Gasteiger partial charge is 0.374 e. The summed E-state index contributed by atoms with van der Waals surface area (Å²) in [5, 5.41) is 3.20. The minimum Gasteiger partial charge on any atom is -0.374 e. The van der Waals surface area contributed by atoms with Crippen molar-refractivity contribution in [1.82, 2.24) is 10.2 Å². The molecular weight excluding hydrogens is 346 g/mol. The second-order valence-corrected chi connectivity index (χ2v) is 8.25. The number of hydrogen-bond acceptors (Lipinski definition) is 3. The number of likely N-dealkylation sites (tertiary alicyclic amines) is 1. The zero-order valence-corrected chi connectivity index (χ0v) is 17.1. The number of nitrogens with one attached hydrogen (secondary N) is 1. The second kappa shape index (κ2) is 8.36. The van der Waals surface area contributed by atoms with Gasteiger partial charge in [0.2, 0.25) is 0 Å². The highest BCUT2D eigenvalue weighted by Gasteiger charge is 2.25. The van der Waals surface area contributed by atoms with Gasteiger partial charge in [0.1, 0.15) is 0 Å². The maximum atomic E-state index is 12.7. The van der Waals surface area contributed by atoms with Crippen LogP contribution in [0, 0.1) is 6.92 Å². The fraction of sp³-hybridized carbons (Fsp3) is 0.458. The second-order valence-electron chi connectivity index (χ2n) is 8.25. The van der Waals surface area contributed by atoms with E-state index in [1.165, 1.54) is 41.6 Å². The van der Waals surface area contributed by atoms with Gasteiger partial charge in [-0.25, -0.2) is 0 Å². The van der Waals surface area contributed by atoms with E-state index in [1.807, 2.05) is 31.2 Å². The van der Waals surface area contributed by atoms with Crippen molar-refractivity contribution in [3.05, 3.63) is 64.7 Å². The lowest BCUT2D eigenvalue weighted by atomic mass is 9.98. The van der Waals surface area contributed by atoms with E-state index >= 15 is 0 Å². The SMILES string of the molecule is Cc1ccc(C(=O)NC[C@H](c2ccc3c(c2)CCN3C)N2CCCCC2)cc1. The molecule has 2 aromatic carbocycles. The van der Waals surface area contributed by atoms with E-state index in [0.29, 0.717) is 6.54 Å². The highest BCUT2D eigenvalue weighted by atomic mass is 16.1. The number of aryl methyl sites for hydroxylation is 1. The average Bonchev–Trinajstić information content (AvgIpc) is 3.10. The molecule has 0 bridgehead atoms. The van der Waals surface area contributed by atoms with Gasteiger partial charge in [0.05, 0.1) is 6.04 Å². The summed E-state index contributed by atoms with van der Waals surface area (Å²) in [6, 6.07) is 14.9. The molecule has 0 saturated carbocycles.